The molecule has 0 bridgehead atoms. The number of halogens is 1. The van der Waals surface area contributed by atoms with Gasteiger partial charge in [0.15, 0.2) is 0 Å². The molecule has 0 radical (unpaired) electrons. The maximum atomic E-state index is 12.7. The molecule has 1 aliphatic heterocycles. The Hall–Kier alpha value is -1.01. The predicted octanol–water partition coefficient (Wildman–Crippen LogP) is 3.53. The summed E-state index contributed by atoms with van der Waals surface area (Å²) >= 11 is 4.97. The lowest BCUT2D eigenvalue weighted by atomic mass is 10.1. The van der Waals surface area contributed by atoms with Crippen molar-refractivity contribution in [3.05, 3.63) is 33.8 Å². The number of aryl methyl sites for hydroxylation is 1. The maximum Gasteiger partial charge on any atom is 0.327 e. The zero-order valence-corrected chi connectivity index (χ0v) is 14.4. The minimum atomic E-state index is -0.928. The summed E-state index contributed by atoms with van der Waals surface area (Å²) in [6.45, 7) is 3.96. The van der Waals surface area contributed by atoms with Crippen LogP contribution in [0, 0.1) is 6.92 Å². The molecule has 6 heteroatoms. The number of carbonyl (C=O) groups is 2. The van der Waals surface area contributed by atoms with Gasteiger partial charge in [-0.2, -0.15) is 0 Å². The normalized spacial score (nSPS) is 21.6. The van der Waals surface area contributed by atoms with Gasteiger partial charge in [-0.15, -0.1) is 11.8 Å². The number of nitrogens with zero attached hydrogens (tertiary/aromatic N) is 1. The minimum absolute atomic E-state index is 0.0486. The summed E-state index contributed by atoms with van der Waals surface area (Å²) in [6.07, 6.45) is 1.74. The van der Waals surface area contributed by atoms with E-state index in [2.05, 4.69) is 15.9 Å². The highest BCUT2D eigenvalue weighted by Gasteiger charge is 2.41. The second-order valence-corrected chi connectivity index (χ2v) is 7.17. The number of thioether (sulfide) groups is 1. The molecular formula is C15H18BrNO3S. The fraction of sp³-hybridized carbons (Fsp3) is 0.467. The van der Waals surface area contributed by atoms with Crippen molar-refractivity contribution in [1.29, 1.82) is 0 Å². The summed E-state index contributed by atoms with van der Waals surface area (Å²) in [6, 6.07) is 4.64. The van der Waals surface area contributed by atoms with Gasteiger partial charge in [0.05, 0.1) is 5.37 Å². The van der Waals surface area contributed by atoms with Crippen molar-refractivity contribution in [3.63, 3.8) is 0 Å². The van der Waals surface area contributed by atoms with E-state index in [1.54, 1.807) is 28.8 Å². The first-order valence-corrected chi connectivity index (χ1v) is 8.73. The second-order valence-electron chi connectivity index (χ2n) is 5.11. The summed E-state index contributed by atoms with van der Waals surface area (Å²) in [4.78, 5) is 25.7. The van der Waals surface area contributed by atoms with E-state index in [0.29, 0.717) is 11.3 Å². The summed E-state index contributed by atoms with van der Waals surface area (Å²) in [5.41, 5.74) is 1.51. The van der Waals surface area contributed by atoms with Gasteiger partial charge in [0.1, 0.15) is 6.04 Å². The topological polar surface area (TPSA) is 57.6 Å². The first kappa shape index (κ1) is 16.4. The number of carboxylic acids is 1. The first-order valence-electron chi connectivity index (χ1n) is 6.89. The maximum absolute atomic E-state index is 12.7. The van der Waals surface area contributed by atoms with E-state index in [4.69, 9.17) is 0 Å². The number of carbonyl (C=O) groups excluding carboxylic acids is 1. The number of rotatable bonds is 4. The Morgan fingerprint density at radius 3 is 2.76 bits per heavy atom. The quantitative estimate of drug-likeness (QED) is 0.879. The SMILES string of the molecule is CCCC1SCC(C(=O)O)N1C(=O)c1ccc(Br)c(C)c1. The van der Waals surface area contributed by atoms with E-state index in [9.17, 15) is 14.7 Å². The molecule has 1 aliphatic rings. The molecule has 2 rings (SSSR count). The number of benzene rings is 1. The molecule has 114 valence electrons. The molecule has 0 saturated carbocycles. The molecule has 2 atom stereocenters. The number of carboxylic acid groups (broad SMARTS) is 1. The Labute approximate surface area is 137 Å². The third kappa shape index (κ3) is 3.43. The standard InChI is InChI=1S/C15H18BrNO3S/c1-3-4-13-17(12(8-21-13)15(19)20)14(18)10-5-6-11(16)9(2)7-10/h5-7,12-13H,3-4,8H2,1-2H3,(H,19,20). The molecule has 0 aromatic heterocycles. The third-order valence-corrected chi connectivity index (χ3v) is 5.80. The van der Waals surface area contributed by atoms with Gasteiger partial charge in [-0.05, 0) is 37.1 Å². The average molecular weight is 372 g/mol. The van der Waals surface area contributed by atoms with E-state index in [-0.39, 0.29) is 11.3 Å². The minimum Gasteiger partial charge on any atom is -0.480 e. The molecule has 1 N–H and O–H groups in total. The van der Waals surface area contributed by atoms with E-state index < -0.39 is 12.0 Å². The highest BCUT2D eigenvalue weighted by atomic mass is 79.9. The monoisotopic (exact) mass is 371 g/mol. The van der Waals surface area contributed by atoms with E-state index in [1.807, 2.05) is 19.9 Å². The van der Waals surface area contributed by atoms with Gasteiger partial charge in [-0.25, -0.2) is 4.79 Å². The van der Waals surface area contributed by atoms with Crippen molar-refractivity contribution < 1.29 is 14.7 Å². The smallest absolute Gasteiger partial charge is 0.327 e. The molecule has 1 fully saturated rings. The fourth-order valence-corrected chi connectivity index (χ4v) is 4.18. The van der Waals surface area contributed by atoms with Crippen molar-refractivity contribution in [2.24, 2.45) is 0 Å². The largest absolute Gasteiger partial charge is 0.480 e. The van der Waals surface area contributed by atoms with E-state index >= 15 is 0 Å². The van der Waals surface area contributed by atoms with Crippen LogP contribution in [0.1, 0.15) is 35.7 Å². The van der Waals surface area contributed by atoms with Crippen LogP contribution in [0.5, 0.6) is 0 Å². The van der Waals surface area contributed by atoms with E-state index in [0.717, 1.165) is 22.9 Å². The number of hydrogen-bond acceptors (Lipinski definition) is 3. The van der Waals surface area contributed by atoms with Crippen molar-refractivity contribution >= 4 is 39.6 Å². The van der Waals surface area contributed by atoms with Crippen LogP contribution in [-0.2, 0) is 4.79 Å². The fourth-order valence-electron chi connectivity index (χ4n) is 2.42. The molecule has 1 amide bonds. The highest BCUT2D eigenvalue weighted by Crippen LogP contribution is 2.34. The van der Waals surface area contributed by atoms with Crippen LogP contribution in [0.3, 0.4) is 0 Å². The summed E-state index contributed by atoms with van der Waals surface area (Å²) in [7, 11) is 0. The van der Waals surface area contributed by atoms with Crippen LogP contribution >= 0.6 is 27.7 Å². The first-order chi connectivity index (χ1) is 9.95. The molecule has 0 spiro atoms. The van der Waals surface area contributed by atoms with Crippen molar-refractivity contribution in [2.75, 3.05) is 5.75 Å². The van der Waals surface area contributed by atoms with Crippen molar-refractivity contribution in [1.82, 2.24) is 4.90 Å². The summed E-state index contributed by atoms with van der Waals surface area (Å²) in [5, 5.41) is 9.30. The van der Waals surface area contributed by atoms with E-state index in [1.165, 1.54) is 0 Å². The van der Waals surface area contributed by atoms with Crippen LogP contribution in [0.25, 0.3) is 0 Å². The molecule has 2 unspecified atom stereocenters. The van der Waals surface area contributed by atoms with Crippen LogP contribution in [0.2, 0.25) is 0 Å². The third-order valence-electron chi connectivity index (χ3n) is 3.55. The van der Waals surface area contributed by atoms with Gasteiger partial charge in [-0.1, -0.05) is 29.3 Å². The molecule has 1 saturated heterocycles. The molecule has 0 aliphatic carbocycles. The lowest BCUT2D eigenvalue weighted by Crippen LogP contribution is -2.45. The Morgan fingerprint density at radius 2 is 2.19 bits per heavy atom. The molecule has 1 aromatic rings. The summed E-state index contributed by atoms with van der Waals surface area (Å²) in [5.74, 6) is -0.661. The van der Waals surface area contributed by atoms with Crippen LogP contribution in [0.15, 0.2) is 22.7 Å². The molecule has 4 nitrogen and oxygen atoms in total. The predicted molar refractivity (Wildman–Crippen MR) is 87.6 cm³/mol. The highest BCUT2D eigenvalue weighted by molar-refractivity contribution is 9.10. The van der Waals surface area contributed by atoms with Crippen LogP contribution in [0.4, 0.5) is 0 Å². The summed E-state index contributed by atoms with van der Waals surface area (Å²) < 4.78 is 0.940. The zero-order chi connectivity index (χ0) is 15.6. The number of amides is 1. The second kappa shape index (κ2) is 6.83. The average Bonchev–Trinajstić information content (AvgIpc) is 2.85. The lowest BCUT2D eigenvalue weighted by molar-refractivity contribution is -0.141. The Morgan fingerprint density at radius 1 is 1.48 bits per heavy atom. The lowest BCUT2D eigenvalue weighted by Gasteiger charge is -2.27. The van der Waals surface area contributed by atoms with Gasteiger partial charge >= 0.3 is 5.97 Å². The molecule has 21 heavy (non-hydrogen) atoms. The molecular weight excluding hydrogens is 354 g/mol. The molecule has 1 heterocycles. The van der Waals surface area contributed by atoms with Gasteiger partial charge in [0, 0.05) is 15.8 Å². The van der Waals surface area contributed by atoms with Gasteiger partial charge < -0.3 is 10.0 Å². The van der Waals surface area contributed by atoms with Gasteiger partial charge in [-0.3, -0.25) is 4.79 Å². The van der Waals surface area contributed by atoms with Gasteiger partial charge in [0.2, 0.25) is 0 Å². The van der Waals surface area contributed by atoms with Crippen molar-refractivity contribution in [2.45, 2.75) is 38.1 Å². The number of hydrogen-bond donors (Lipinski definition) is 1. The molecule has 1 aromatic carbocycles. The van der Waals surface area contributed by atoms with Crippen LogP contribution in [-0.4, -0.2) is 39.1 Å². The van der Waals surface area contributed by atoms with Gasteiger partial charge in [0.25, 0.3) is 5.91 Å². The van der Waals surface area contributed by atoms with Crippen LogP contribution < -0.4 is 0 Å². The Balaban J connectivity index is 2.31. The van der Waals surface area contributed by atoms with Crippen molar-refractivity contribution in [3.8, 4) is 0 Å². The zero-order valence-electron chi connectivity index (χ0n) is 12.0. The Bertz CT molecular complexity index is 564. The Kier molecular flexibility index (Phi) is 5.32. The number of aliphatic carboxylic acids is 1.